The molecule has 0 aliphatic carbocycles. The zero-order chi connectivity index (χ0) is 12.5. The van der Waals surface area contributed by atoms with E-state index in [0.29, 0.717) is 0 Å². The van der Waals surface area contributed by atoms with E-state index in [-0.39, 0.29) is 5.43 Å². The number of rotatable bonds is 1. The van der Waals surface area contributed by atoms with Crippen LogP contribution in [-0.2, 0) is 0 Å². The molecule has 0 aliphatic heterocycles. The topological polar surface area (TPSA) is 32.9 Å². The molecule has 2 nitrogen and oxygen atoms in total. The van der Waals surface area contributed by atoms with Gasteiger partial charge in [-0.1, -0.05) is 42.5 Å². The number of para-hydroxylation sites is 1. The highest BCUT2D eigenvalue weighted by molar-refractivity contribution is 5.82. The molecule has 1 N–H and O–H groups in total. The van der Waals surface area contributed by atoms with Gasteiger partial charge in [-0.3, -0.25) is 4.79 Å². The molecule has 0 radical (unpaired) electrons. The van der Waals surface area contributed by atoms with Crippen molar-refractivity contribution < 1.29 is 0 Å². The van der Waals surface area contributed by atoms with Crippen molar-refractivity contribution in [3.8, 4) is 11.3 Å². The zero-order valence-corrected chi connectivity index (χ0v) is 10.1. The number of aromatic amines is 1. The van der Waals surface area contributed by atoms with Crippen LogP contribution in [0.5, 0.6) is 0 Å². The van der Waals surface area contributed by atoms with E-state index in [0.717, 1.165) is 27.7 Å². The van der Waals surface area contributed by atoms with Gasteiger partial charge in [-0.15, -0.1) is 0 Å². The van der Waals surface area contributed by atoms with Gasteiger partial charge in [-0.25, -0.2) is 0 Å². The molecule has 2 aromatic carbocycles. The summed E-state index contributed by atoms with van der Waals surface area (Å²) in [7, 11) is 0. The average molecular weight is 235 g/mol. The number of fused-ring (bicyclic) bond motifs is 1. The Morgan fingerprint density at radius 1 is 0.889 bits per heavy atom. The summed E-state index contributed by atoms with van der Waals surface area (Å²) >= 11 is 0. The van der Waals surface area contributed by atoms with Gasteiger partial charge < -0.3 is 4.98 Å². The third kappa shape index (κ3) is 1.63. The van der Waals surface area contributed by atoms with Gasteiger partial charge in [0.25, 0.3) is 0 Å². The molecule has 0 bridgehead atoms. The van der Waals surface area contributed by atoms with E-state index < -0.39 is 0 Å². The van der Waals surface area contributed by atoms with Crippen molar-refractivity contribution in [1.29, 1.82) is 0 Å². The van der Waals surface area contributed by atoms with Crippen molar-refractivity contribution in [1.82, 2.24) is 4.98 Å². The van der Waals surface area contributed by atoms with Gasteiger partial charge in [0.2, 0.25) is 0 Å². The third-order valence-corrected chi connectivity index (χ3v) is 3.21. The summed E-state index contributed by atoms with van der Waals surface area (Å²) in [6.45, 7) is 1.87. The molecule has 18 heavy (non-hydrogen) atoms. The van der Waals surface area contributed by atoms with Gasteiger partial charge >= 0.3 is 0 Å². The van der Waals surface area contributed by atoms with E-state index in [2.05, 4.69) is 4.98 Å². The van der Waals surface area contributed by atoms with Crippen molar-refractivity contribution in [3.05, 3.63) is 70.4 Å². The van der Waals surface area contributed by atoms with Crippen molar-refractivity contribution in [2.24, 2.45) is 0 Å². The Labute approximate surface area is 105 Å². The van der Waals surface area contributed by atoms with Crippen LogP contribution in [0.1, 0.15) is 5.56 Å². The second-order valence-electron chi connectivity index (χ2n) is 4.37. The molecule has 0 aliphatic rings. The van der Waals surface area contributed by atoms with Crippen LogP contribution in [0.15, 0.2) is 59.4 Å². The first-order chi connectivity index (χ1) is 8.77. The summed E-state index contributed by atoms with van der Waals surface area (Å²) in [6.07, 6.45) is 0. The molecule has 0 atom stereocenters. The molecule has 0 saturated carbocycles. The number of H-pyrrole nitrogens is 1. The minimum absolute atomic E-state index is 0.100. The van der Waals surface area contributed by atoms with Crippen LogP contribution in [0.3, 0.4) is 0 Å². The van der Waals surface area contributed by atoms with Crippen molar-refractivity contribution >= 4 is 10.9 Å². The Balaban J connectivity index is 2.38. The van der Waals surface area contributed by atoms with Gasteiger partial charge in [0.15, 0.2) is 5.43 Å². The number of hydrogen-bond acceptors (Lipinski definition) is 1. The standard InChI is InChI=1S/C16H13NO/c1-11-15(12-7-3-2-4-8-12)17-14-10-6-5-9-13(14)16(11)18/h2-10H,1H3,(H,17,18). The number of pyridine rings is 1. The highest BCUT2D eigenvalue weighted by Gasteiger charge is 2.08. The molecule has 0 unspecified atom stereocenters. The monoisotopic (exact) mass is 235 g/mol. The van der Waals surface area contributed by atoms with E-state index >= 15 is 0 Å². The number of aromatic nitrogens is 1. The van der Waals surface area contributed by atoms with Gasteiger partial charge in [0.1, 0.15) is 0 Å². The fourth-order valence-electron chi connectivity index (χ4n) is 2.23. The fraction of sp³-hybridized carbons (Fsp3) is 0.0625. The average Bonchev–Trinajstić information content (AvgIpc) is 2.44. The largest absolute Gasteiger partial charge is 0.354 e. The molecule has 0 spiro atoms. The molecule has 0 fully saturated rings. The highest BCUT2D eigenvalue weighted by Crippen LogP contribution is 2.21. The molecule has 1 aromatic heterocycles. The summed E-state index contributed by atoms with van der Waals surface area (Å²) in [5.41, 5.74) is 3.69. The molecule has 3 rings (SSSR count). The summed E-state index contributed by atoms with van der Waals surface area (Å²) in [4.78, 5) is 15.7. The van der Waals surface area contributed by atoms with Crippen LogP contribution in [0.25, 0.3) is 22.2 Å². The van der Waals surface area contributed by atoms with E-state index in [4.69, 9.17) is 0 Å². The van der Waals surface area contributed by atoms with Crippen molar-refractivity contribution in [2.45, 2.75) is 6.92 Å². The maximum absolute atomic E-state index is 12.3. The second kappa shape index (κ2) is 4.15. The molecular weight excluding hydrogens is 222 g/mol. The third-order valence-electron chi connectivity index (χ3n) is 3.21. The van der Waals surface area contributed by atoms with Crippen LogP contribution >= 0.6 is 0 Å². The Kier molecular flexibility index (Phi) is 2.49. The zero-order valence-electron chi connectivity index (χ0n) is 10.1. The molecule has 0 saturated heterocycles. The number of benzene rings is 2. The summed E-state index contributed by atoms with van der Waals surface area (Å²) in [5.74, 6) is 0. The Morgan fingerprint density at radius 3 is 2.33 bits per heavy atom. The van der Waals surface area contributed by atoms with E-state index in [1.807, 2.05) is 61.5 Å². The maximum Gasteiger partial charge on any atom is 0.192 e. The highest BCUT2D eigenvalue weighted by atomic mass is 16.1. The quantitative estimate of drug-likeness (QED) is 0.688. The van der Waals surface area contributed by atoms with Gasteiger partial charge in [0.05, 0.1) is 5.69 Å². The minimum Gasteiger partial charge on any atom is -0.354 e. The maximum atomic E-state index is 12.3. The van der Waals surface area contributed by atoms with Crippen molar-refractivity contribution in [2.75, 3.05) is 0 Å². The molecule has 0 amide bonds. The summed E-state index contributed by atoms with van der Waals surface area (Å²) in [5, 5.41) is 0.745. The Morgan fingerprint density at radius 2 is 1.56 bits per heavy atom. The Hall–Kier alpha value is -2.35. The van der Waals surface area contributed by atoms with E-state index in [9.17, 15) is 4.79 Å². The first-order valence-electron chi connectivity index (χ1n) is 5.94. The molecule has 2 heteroatoms. The normalized spacial score (nSPS) is 10.7. The molecule has 3 aromatic rings. The second-order valence-corrected chi connectivity index (χ2v) is 4.37. The lowest BCUT2D eigenvalue weighted by Gasteiger charge is -2.08. The molecule has 88 valence electrons. The smallest absolute Gasteiger partial charge is 0.192 e. The first-order valence-corrected chi connectivity index (χ1v) is 5.94. The van der Waals surface area contributed by atoms with Gasteiger partial charge in [-0.2, -0.15) is 0 Å². The molecule has 1 heterocycles. The van der Waals surface area contributed by atoms with Crippen LogP contribution in [0.2, 0.25) is 0 Å². The lowest BCUT2D eigenvalue weighted by Crippen LogP contribution is -2.09. The number of hydrogen-bond donors (Lipinski definition) is 1. The minimum atomic E-state index is 0.100. The predicted molar refractivity (Wildman–Crippen MR) is 74.7 cm³/mol. The van der Waals surface area contributed by atoms with Gasteiger partial charge in [0, 0.05) is 16.5 Å². The van der Waals surface area contributed by atoms with E-state index in [1.165, 1.54) is 0 Å². The lowest BCUT2D eigenvalue weighted by atomic mass is 10.0. The van der Waals surface area contributed by atoms with E-state index in [1.54, 1.807) is 0 Å². The summed E-state index contributed by atoms with van der Waals surface area (Å²) in [6, 6.07) is 17.5. The number of nitrogens with one attached hydrogen (secondary N) is 1. The molecular formula is C16H13NO. The van der Waals surface area contributed by atoms with Crippen molar-refractivity contribution in [3.63, 3.8) is 0 Å². The first kappa shape index (κ1) is 10.8. The van der Waals surface area contributed by atoms with Crippen LogP contribution in [0.4, 0.5) is 0 Å². The van der Waals surface area contributed by atoms with Gasteiger partial charge in [-0.05, 0) is 24.6 Å². The lowest BCUT2D eigenvalue weighted by molar-refractivity contribution is 1.30. The summed E-state index contributed by atoms with van der Waals surface area (Å²) < 4.78 is 0. The fourth-order valence-corrected chi connectivity index (χ4v) is 2.23. The van der Waals surface area contributed by atoms with Crippen LogP contribution < -0.4 is 5.43 Å². The SMILES string of the molecule is Cc1c(-c2ccccc2)[nH]c2ccccc2c1=O. The Bertz CT molecular complexity index is 757. The van der Waals surface area contributed by atoms with Crippen LogP contribution in [0, 0.1) is 6.92 Å². The van der Waals surface area contributed by atoms with Crippen LogP contribution in [-0.4, -0.2) is 4.98 Å². The predicted octanol–water partition coefficient (Wildman–Crippen LogP) is 3.50.